The number of benzene rings is 1. The Kier molecular flexibility index (Phi) is 8.14. The molecule has 0 aliphatic carbocycles. The van der Waals surface area contributed by atoms with E-state index >= 15 is 0 Å². The van der Waals surface area contributed by atoms with Gasteiger partial charge in [0.1, 0.15) is 11.1 Å². The number of para-hydroxylation sites is 1. The average molecular weight is 273 g/mol. The molecule has 0 bridgehead atoms. The Morgan fingerprint density at radius 3 is 2.38 bits per heavy atom. The van der Waals surface area contributed by atoms with E-state index < -0.39 is 0 Å². The fourth-order valence-electron chi connectivity index (χ4n) is 0.933. The molecule has 0 saturated heterocycles. The summed E-state index contributed by atoms with van der Waals surface area (Å²) >= 11 is 9.69. The maximum atomic E-state index is 8.76. The van der Waals surface area contributed by atoms with E-state index in [1.165, 1.54) is 0 Å². The molecule has 0 saturated carbocycles. The van der Waals surface area contributed by atoms with E-state index in [0.717, 1.165) is 5.69 Å². The molecule has 76 valence electrons. The van der Waals surface area contributed by atoms with Crippen LogP contribution >= 0.6 is 12.2 Å². The summed E-state index contributed by atoms with van der Waals surface area (Å²) in [6.45, 7) is 0. The van der Waals surface area contributed by atoms with Crippen LogP contribution in [-0.4, -0.2) is 4.99 Å². The van der Waals surface area contributed by atoms with Gasteiger partial charge in [-0.25, -0.2) is 0 Å². The monoisotopic (exact) mass is 273 g/mol. The van der Waals surface area contributed by atoms with Crippen molar-refractivity contribution in [2.75, 3.05) is 5.32 Å². The SMILES string of the molecule is N#C/C(C(N)=S)=C(/[S-])Nc1ccccc1.[K+]. The van der Waals surface area contributed by atoms with Crippen molar-refractivity contribution < 1.29 is 51.4 Å². The molecule has 1 rings (SSSR count). The third-order valence-electron chi connectivity index (χ3n) is 1.62. The summed E-state index contributed by atoms with van der Waals surface area (Å²) in [5.41, 5.74) is 6.27. The quantitative estimate of drug-likeness (QED) is 0.235. The van der Waals surface area contributed by atoms with Gasteiger partial charge < -0.3 is 23.7 Å². The maximum Gasteiger partial charge on any atom is 1.00 e. The first-order valence-electron chi connectivity index (χ1n) is 4.08. The van der Waals surface area contributed by atoms with Gasteiger partial charge in [0.2, 0.25) is 0 Å². The Bertz CT molecular complexity index is 437. The van der Waals surface area contributed by atoms with Crippen LogP contribution in [0.1, 0.15) is 0 Å². The van der Waals surface area contributed by atoms with Gasteiger partial charge in [-0.3, -0.25) is 0 Å². The fraction of sp³-hybridized carbons (Fsp3) is 0. The second-order valence-corrected chi connectivity index (χ2v) is 3.52. The van der Waals surface area contributed by atoms with Crippen LogP contribution in [0.2, 0.25) is 0 Å². The van der Waals surface area contributed by atoms with E-state index in [1.54, 1.807) is 0 Å². The van der Waals surface area contributed by atoms with Crippen LogP contribution in [0.15, 0.2) is 40.9 Å². The van der Waals surface area contributed by atoms with Crippen molar-refractivity contribution in [3.8, 4) is 6.07 Å². The molecule has 0 fully saturated rings. The minimum atomic E-state index is 0. The molecular formula is C10H8KN3S2. The van der Waals surface area contributed by atoms with E-state index in [0.29, 0.717) is 0 Å². The summed E-state index contributed by atoms with van der Waals surface area (Å²) in [6.07, 6.45) is 0. The number of thiocarbonyl (C=S) groups is 1. The predicted molar refractivity (Wildman–Crippen MR) is 66.9 cm³/mol. The molecule has 0 aliphatic rings. The number of nitriles is 1. The normalized spacial score (nSPS) is 10.4. The molecule has 3 nitrogen and oxygen atoms in total. The van der Waals surface area contributed by atoms with Crippen LogP contribution in [0.3, 0.4) is 0 Å². The second-order valence-electron chi connectivity index (χ2n) is 2.67. The second kappa shape index (κ2) is 8.14. The van der Waals surface area contributed by atoms with Crippen LogP contribution in [-0.2, 0) is 12.6 Å². The summed E-state index contributed by atoms with van der Waals surface area (Å²) in [4.78, 5) is 0.00549. The predicted octanol–water partition coefficient (Wildman–Crippen LogP) is -1.33. The summed E-state index contributed by atoms with van der Waals surface area (Å²) in [5, 5.41) is 11.9. The molecule has 0 amide bonds. The largest absolute Gasteiger partial charge is 1.00 e. The maximum absolute atomic E-state index is 8.76. The smallest absolute Gasteiger partial charge is 0.761 e. The zero-order valence-electron chi connectivity index (χ0n) is 8.73. The van der Waals surface area contributed by atoms with Crippen molar-refractivity contribution in [2.24, 2.45) is 5.73 Å². The van der Waals surface area contributed by atoms with Crippen LogP contribution in [0.4, 0.5) is 5.69 Å². The number of nitrogens with zero attached hydrogens (tertiary/aromatic N) is 1. The first-order chi connectivity index (χ1) is 7.15. The Morgan fingerprint density at radius 1 is 1.38 bits per heavy atom. The summed E-state index contributed by atoms with van der Waals surface area (Å²) in [5.74, 6) is 0. The van der Waals surface area contributed by atoms with Gasteiger partial charge in [-0.15, -0.1) is 0 Å². The van der Waals surface area contributed by atoms with Crippen LogP contribution in [0, 0.1) is 11.3 Å². The topological polar surface area (TPSA) is 61.8 Å². The zero-order chi connectivity index (χ0) is 11.3. The molecule has 0 atom stereocenters. The van der Waals surface area contributed by atoms with E-state index in [9.17, 15) is 0 Å². The summed E-state index contributed by atoms with van der Waals surface area (Å²) < 4.78 is 0. The summed E-state index contributed by atoms with van der Waals surface area (Å²) in [7, 11) is 0. The third kappa shape index (κ3) is 4.89. The van der Waals surface area contributed by atoms with E-state index in [1.807, 2.05) is 36.4 Å². The molecule has 0 unspecified atom stereocenters. The fourth-order valence-corrected chi connectivity index (χ4v) is 1.42. The molecule has 0 spiro atoms. The number of rotatable bonds is 3. The van der Waals surface area contributed by atoms with Gasteiger partial charge in [0, 0.05) is 5.69 Å². The molecule has 0 heterocycles. The molecule has 16 heavy (non-hydrogen) atoms. The minimum Gasteiger partial charge on any atom is -0.761 e. The van der Waals surface area contributed by atoms with Gasteiger partial charge in [0.15, 0.2) is 0 Å². The minimum absolute atomic E-state index is 0. The zero-order valence-corrected chi connectivity index (χ0v) is 13.5. The van der Waals surface area contributed by atoms with E-state index in [4.69, 9.17) is 35.8 Å². The van der Waals surface area contributed by atoms with Gasteiger partial charge >= 0.3 is 51.4 Å². The first kappa shape index (κ1) is 16.0. The van der Waals surface area contributed by atoms with Crippen molar-refractivity contribution in [3.05, 3.63) is 40.9 Å². The van der Waals surface area contributed by atoms with Crippen molar-refractivity contribution in [3.63, 3.8) is 0 Å². The number of nitrogens with one attached hydrogen (secondary N) is 1. The standard InChI is InChI=1S/C10H9N3S2.K/c11-6-8(9(12)14)10(15)13-7-4-2-1-3-5-7;/h1-5,13,15H,(H2,12,14);/q;+1/p-1/b10-8-;. The van der Waals surface area contributed by atoms with Gasteiger partial charge in [0.05, 0.1) is 5.57 Å². The Morgan fingerprint density at radius 2 is 1.94 bits per heavy atom. The molecular weight excluding hydrogens is 265 g/mol. The van der Waals surface area contributed by atoms with Crippen LogP contribution < -0.4 is 62.4 Å². The molecule has 0 aromatic heterocycles. The first-order valence-corrected chi connectivity index (χ1v) is 4.90. The number of nitrogens with two attached hydrogens (primary N) is 1. The number of anilines is 1. The van der Waals surface area contributed by atoms with Crippen molar-refractivity contribution in [1.29, 1.82) is 5.26 Å². The average Bonchev–Trinajstić information content (AvgIpc) is 2.19. The molecule has 6 heteroatoms. The number of hydrogen-bond donors (Lipinski definition) is 2. The van der Waals surface area contributed by atoms with Crippen LogP contribution in [0.25, 0.3) is 0 Å². The molecule has 0 aliphatic heterocycles. The summed E-state index contributed by atoms with van der Waals surface area (Å²) in [6, 6.07) is 11.1. The van der Waals surface area contributed by atoms with E-state index in [-0.39, 0.29) is 67.0 Å². The van der Waals surface area contributed by atoms with Crippen LogP contribution in [0.5, 0.6) is 0 Å². The third-order valence-corrected chi connectivity index (χ3v) is 2.13. The Labute approximate surface area is 148 Å². The van der Waals surface area contributed by atoms with E-state index in [2.05, 4.69) is 5.32 Å². The molecule has 1 aromatic carbocycles. The Balaban J connectivity index is 0.00000225. The number of hydrogen-bond acceptors (Lipinski definition) is 4. The molecule has 1 aromatic rings. The molecule has 3 N–H and O–H groups in total. The van der Waals surface area contributed by atoms with Crippen molar-refractivity contribution in [1.82, 2.24) is 0 Å². The van der Waals surface area contributed by atoms with Gasteiger partial charge in [-0.2, -0.15) is 5.26 Å². The molecule has 0 radical (unpaired) electrons. The van der Waals surface area contributed by atoms with Crippen molar-refractivity contribution in [2.45, 2.75) is 0 Å². The van der Waals surface area contributed by atoms with Gasteiger partial charge in [-0.05, 0) is 12.1 Å². The van der Waals surface area contributed by atoms with Crippen molar-refractivity contribution >= 4 is 35.5 Å². The van der Waals surface area contributed by atoms with Gasteiger partial charge in [-0.1, -0.05) is 35.4 Å². The Hall–Kier alpha value is -0.00364. The van der Waals surface area contributed by atoms with Gasteiger partial charge in [0.25, 0.3) is 0 Å².